The summed E-state index contributed by atoms with van der Waals surface area (Å²) in [5.74, 6) is 0.210. The number of rotatable bonds is 5. The number of nitrogens with zero attached hydrogens (tertiary/aromatic N) is 2. The molecule has 5 N–H and O–H groups in total. The second-order valence-corrected chi connectivity index (χ2v) is 9.89. The molecule has 9 heteroatoms. The number of aromatic amines is 1. The zero-order valence-corrected chi connectivity index (χ0v) is 19.3. The predicted molar refractivity (Wildman–Crippen MR) is 124 cm³/mol. The van der Waals surface area contributed by atoms with Crippen molar-refractivity contribution in [1.29, 1.82) is 0 Å². The summed E-state index contributed by atoms with van der Waals surface area (Å²) in [7, 11) is -1.64. The minimum Gasteiger partial charge on any atom is -0.361 e. The van der Waals surface area contributed by atoms with Gasteiger partial charge in [0, 0.05) is 49.3 Å². The minimum atomic E-state index is -3.79. The number of nitrogens with one attached hydrogen (secondary N) is 1. The van der Waals surface area contributed by atoms with Gasteiger partial charge in [-0.05, 0) is 50.1 Å². The lowest BCUT2D eigenvalue weighted by Gasteiger charge is -2.40. The van der Waals surface area contributed by atoms with Crippen molar-refractivity contribution in [2.24, 2.45) is 11.7 Å². The van der Waals surface area contributed by atoms with Crippen molar-refractivity contribution in [3.63, 3.8) is 0 Å². The quantitative estimate of drug-likeness (QED) is 0.519. The molecule has 0 saturated heterocycles. The van der Waals surface area contributed by atoms with Crippen LogP contribution in [0.15, 0.2) is 30.5 Å². The number of carbonyl (C=O) groups is 1. The first kappa shape index (κ1) is 23.7. The fraction of sp³-hybridized carbons (Fsp3) is 0.500. The third-order valence-electron chi connectivity index (χ3n) is 6.08. The summed E-state index contributed by atoms with van der Waals surface area (Å²) < 4.78 is 9.85. The first-order chi connectivity index (χ1) is 14.7. The van der Waals surface area contributed by atoms with E-state index in [4.69, 9.17) is 15.5 Å². The number of fused-ring (bicyclic) bond motifs is 2. The van der Waals surface area contributed by atoms with Gasteiger partial charge in [-0.15, -0.1) is 0 Å². The molecular formula is C22H33N4O4P. The molecule has 4 rings (SSSR count). The van der Waals surface area contributed by atoms with E-state index >= 15 is 0 Å². The maximum Gasteiger partial charge on any atom is 0.326 e. The Labute approximate surface area is 183 Å². The lowest BCUT2D eigenvalue weighted by Crippen LogP contribution is -2.47. The Kier molecular flexibility index (Phi) is 7.39. The molecule has 0 spiro atoms. The van der Waals surface area contributed by atoms with Crippen LogP contribution in [0.3, 0.4) is 0 Å². The van der Waals surface area contributed by atoms with Crippen molar-refractivity contribution in [2.45, 2.75) is 26.3 Å². The average molecular weight is 449 g/mol. The summed E-state index contributed by atoms with van der Waals surface area (Å²) in [4.78, 5) is 36.7. The van der Waals surface area contributed by atoms with E-state index in [2.05, 4.69) is 61.3 Å². The molecule has 1 aromatic heterocycles. The standard InChI is InChI=1S/C20H25N3O.C2H8NO3P/c1-4-23(5-2)20(24)14-9-16-15-7-6-8-17-19(15)13(11-21-17)10-18(16)22(3)12-14;3-1-2-7(4,5)6/h6-9,11,14,18,21H,4-5,10,12H2,1-3H3;1-3H2,(H2,4,5,6)/t14-,18-;/m1./s1. The van der Waals surface area contributed by atoms with E-state index in [1.807, 2.05) is 4.90 Å². The first-order valence-electron chi connectivity index (χ1n) is 10.7. The monoisotopic (exact) mass is 448 g/mol. The normalized spacial score (nSPS) is 20.5. The van der Waals surface area contributed by atoms with Gasteiger partial charge in [0.05, 0.1) is 12.1 Å². The van der Waals surface area contributed by atoms with Gasteiger partial charge in [-0.2, -0.15) is 0 Å². The van der Waals surface area contributed by atoms with Crippen LogP contribution in [0.1, 0.15) is 25.0 Å². The molecule has 0 radical (unpaired) electrons. The molecule has 1 aromatic carbocycles. The number of likely N-dealkylation sites (N-methyl/N-ethyl adjacent to an activating group) is 1. The molecule has 2 atom stereocenters. The largest absolute Gasteiger partial charge is 0.361 e. The molecule has 170 valence electrons. The summed E-state index contributed by atoms with van der Waals surface area (Å²) in [5.41, 5.74) is 10.0. The number of H-pyrrole nitrogens is 1. The smallest absolute Gasteiger partial charge is 0.326 e. The van der Waals surface area contributed by atoms with Crippen LogP contribution in [0.25, 0.3) is 16.5 Å². The minimum absolute atomic E-state index is 0.0445. The lowest BCUT2D eigenvalue weighted by atomic mass is 9.79. The summed E-state index contributed by atoms with van der Waals surface area (Å²) in [5, 5.41) is 1.34. The van der Waals surface area contributed by atoms with Gasteiger partial charge < -0.3 is 25.4 Å². The van der Waals surface area contributed by atoms with E-state index in [-0.39, 0.29) is 24.5 Å². The highest BCUT2D eigenvalue weighted by Gasteiger charge is 2.36. The van der Waals surface area contributed by atoms with Crippen LogP contribution < -0.4 is 5.73 Å². The van der Waals surface area contributed by atoms with Crippen molar-refractivity contribution in [1.82, 2.24) is 14.8 Å². The molecule has 1 aliphatic carbocycles. The van der Waals surface area contributed by atoms with Crippen molar-refractivity contribution < 1.29 is 19.1 Å². The third-order valence-corrected chi connectivity index (χ3v) is 6.92. The summed E-state index contributed by atoms with van der Waals surface area (Å²) >= 11 is 0. The Balaban J connectivity index is 0.000000339. The maximum atomic E-state index is 12.9. The van der Waals surface area contributed by atoms with E-state index in [9.17, 15) is 9.36 Å². The van der Waals surface area contributed by atoms with Gasteiger partial charge in [0.25, 0.3) is 0 Å². The first-order valence-corrected chi connectivity index (χ1v) is 12.5. The number of benzene rings is 1. The zero-order valence-electron chi connectivity index (χ0n) is 18.4. The van der Waals surface area contributed by atoms with Crippen LogP contribution in [0.5, 0.6) is 0 Å². The number of amides is 1. The van der Waals surface area contributed by atoms with Crippen molar-refractivity contribution in [2.75, 3.05) is 39.4 Å². The second kappa shape index (κ2) is 9.67. The van der Waals surface area contributed by atoms with Gasteiger partial charge >= 0.3 is 7.60 Å². The van der Waals surface area contributed by atoms with Crippen molar-refractivity contribution >= 4 is 30.0 Å². The van der Waals surface area contributed by atoms with Gasteiger partial charge in [0.1, 0.15) is 0 Å². The predicted octanol–water partition coefficient (Wildman–Crippen LogP) is 2.03. The molecule has 2 aliphatic rings. The molecule has 2 heterocycles. The van der Waals surface area contributed by atoms with Crippen LogP contribution in [0, 0.1) is 5.92 Å². The molecule has 31 heavy (non-hydrogen) atoms. The summed E-state index contributed by atoms with van der Waals surface area (Å²) in [6.45, 7) is 6.51. The third kappa shape index (κ3) is 5.10. The van der Waals surface area contributed by atoms with Crippen LogP contribution in [0.4, 0.5) is 0 Å². The van der Waals surface area contributed by atoms with Crippen molar-refractivity contribution in [3.8, 4) is 0 Å². The highest BCUT2D eigenvalue weighted by atomic mass is 31.2. The summed E-state index contributed by atoms with van der Waals surface area (Å²) in [6, 6.07) is 6.82. The number of hydrogen-bond acceptors (Lipinski definition) is 4. The Morgan fingerprint density at radius 1 is 1.32 bits per heavy atom. The molecule has 1 amide bonds. The molecule has 0 saturated carbocycles. The molecular weight excluding hydrogens is 415 g/mol. The SMILES string of the molecule is CCN(CC)C(=O)[C@@H]1C=C2c3cccc4[nH]cc(c34)C[C@H]2N(C)C1.NCCP(=O)(O)O. The van der Waals surface area contributed by atoms with Gasteiger partial charge in [-0.3, -0.25) is 14.3 Å². The van der Waals surface area contributed by atoms with Crippen molar-refractivity contribution in [3.05, 3.63) is 41.6 Å². The molecule has 8 nitrogen and oxygen atoms in total. The molecule has 0 fully saturated rings. The van der Waals surface area contributed by atoms with E-state index in [1.165, 1.54) is 27.6 Å². The Hall–Kier alpha value is -1.96. The van der Waals surface area contributed by atoms with E-state index in [1.54, 1.807) is 0 Å². The second-order valence-electron chi connectivity index (χ2n) is 8.12. The Morgan fingerprint density at radius 2 is 2.03 bits per heavy atom. The van der Waals surface area contributed by atoms with Crippen LogP contribution >= 0.6 is 7.60 Å². The van der Waals surface area contributed by atoms with Gasteiger partial charge in [-0.25, -0.2) is 0 Å². The Bertz CT molecular complexity index is 1010. The number of hydrogen-bond donors (Lipinski definition) is 4. The van der Waals surface area contributed by atoms with Gasteiger partial charge in [0.2, 0.25) is 5.91 Å². The lowest BCUT2D eigenvalue weighted by molar-refractivity contribution is -0.134. The Morgan fingerprint density at radius 3 is 2.61 bits per heavy atom. The number of aromatic nitrogens is 1. The van der Waals surface area contributed by atoms with Crippen LogP contribution in [-0.2, 0) is 15.8 Å². The zero-order chi connectivity index (χ0) is 22.8. The fourth-order valence-corrected chi connectivity index (χ4v) is 4.88. The highest BCUT2D eigenvalue weighted by Crippen LogP contribution is 2.41. The number of nitrogens with two attached hydrogens (primary N) is 1. The molecule has 2 aromatic rings. The molecule has 1 aliphatic heterocycles. The fourth-order valence-electron chi connectivity index (χ4n) is 4.54. The number of carbonyl (C=O) groups excluding carboxylic acids is 1. The molecule has 0 unspecified atom stereocenters. The van der Waals surface area contributed by atoms with Gasteiger partial charge in [-0.1, -0.05) is 18.2 Å². The van der Waals surface area contributed by atoms with Crippen LogP contribution in [-0.4, -0.2) is 75.9 Å². The van der Waals surface area contributed by atoms with E-state index < -0.39 is 7.60 Å². The van der Waals surface area contributed by atoms with E-state index in [0.717, 1.165) is 26.1 Å². The summed E-state index contributed by atoms with van der Waals surface area (Å²) in [6.07, 6.45) is 5.19. The average Bonchev–Trinajstić information content (AvgIpc) is 3.13. The van der Waals surface area contributed by atoms with E-state index in [0.29, 0.717) is 6.04 Å². The van der Waals surface area contributed by atoms with Crippen LogP contribution in [0.2, 0.25) is 0 Å². The van der Waals surface area contributed by atoms with Gasteiger partial charge in [0.15, 0.2) is 0 Å². The topological polar surface area (TPSA) is 123 Å². The maximum absolute atomic E-state index is 12.9. The highest BCUT2D eigenvalue weighted by molar-refractivity contribution is 7.51. The molecule has 0 bridgehead atoms.